The summed E-state index contributed by atoms with van der Waals surface area (Å²) in [5.74, 6) is 0.580. The Morgan fingerprint density at radius 1 is 1.08 bits per heavy atom. The van der Waals surface area contributed by atoms with Gasteiger partial charge in [0.2, 0.25) is 0 Å². The fraction of sp³-hybridized carbons (Fsp3) is 0.345. The molecule has 0 radical (unpaired) electrons. The topological polar surface area (TPSA) is 113 Å². The van der Waals surface area contributed by atoms with Crippen molar-refractivity contribution in [1.29, 1.82) is 0 Å². The van der Waals surface area contributed by atoms with Gasteiger partial charge in [0, 0.05) is 30.9 Å². The first-order chi connectivity index (χ1) is 18.3. The van der Waals surface area contributed by atoms with Crippen molar-refractivity contribution >= 4 is 22.6 Å². The minimum absolute atomic E-state index is 0.150. The van der Waals surface area contributed by atoms with Crippen molar-refractivity contribution in [1.82, 2.24) is 25.3 Å². The number of nitrogens with zero attached hydrogens (tertiary/aromatic N) is 5. The summed E-state index contributed by atoms with van der Waals surface area (Å²) in [6.07, 6.45) is 2.97. The summed E-state index contributed by atoms with van der Waals surface area (Å²) in [6.45, 7) is 9.49. The number of amides is 1. The van der Waals surface area contributed by atoms with Gasteiger partial charge in [0.1, 0.15) is 11.5 Å². The molecule has 0 aromatic carbocycles. The van der Waals surface area contributed by atoms with E-state index >= 15 is 0 Å². The first-order valence-corrected chi connectivity index (χ1v) is 12.8. The maximum absolute atomic E-state index is 12.7. The number of hydrogen-bond donors (Lipinski definition) is 2. The van der Waals surface area contributed by atoms with Crippen LogP contribution >= 0.6 is 0 Å². The number of nitrogens with one attached hydrogen (secondary N) is 1. The zero-order valence-corrected chi connectivity index (χ0v) is 22.0. The van der Waals surface area contributed by atoms with Crippen LogP contribution in [0.25, 0.3) is 22.3 Å². The lowest BCUT2D eigenvalue weighted by atomic mass is 10.1. The molecule has 38 heavy (non-hydrogen) atoms. The Labute approximate surface area is 221 Å². The monoisotopic (exact) mass is 512 g/mol. The summed E-state index contributed by atoms with van der Waals surface area (Å²) in [7, 11) is 0. The van der Waals surface area contributed by atoms with E-state index in [0.717, 1.165) is 46.8 Å². The van der Waals surface area contributed by atoms with Gasteiger partial charge in [-0.2, -0.15) is 0 Å². The minimum atomic E-state index is -0.678. The molecule has 5 heterocycles. The highest BCUT2D eigenvalue weighted by atomic mass is 16.5. The van der Waals surface area contributed by atoms with E-state index in [4.69, 9.17) is 14.7 Å². The van der Waals surface area contributed by atoms with Gasteiger partial charge in [-0.05, 0) is 75.2 Å². The van der Waals surface area contributed by atoms with Crippen LogP contribution in [0.3, 0.4) is 0 Å². The summed E-state index contributed by atoms with van der Waals surface area (Å²) in [6, 6.07) is 13.4. The fourth-order valence-electron chi connectivity index (χ4n) is 4.78. The Balaban J connectivity index is 1.33. The van der Waals surface area contributed by atoms with Crippen LogP contribution in [0.4, 0.5) is 5.82 Å². The number of carbonyl (C=O) groups is 1. The lowest BCUT2D eigenvalue weighted by Crippen LogP contribution is -2.45. The number of aliphatic hydroxyl groups excluding tert-OH is 1. The summed E-state index contributed by atoms with van der Waals surface area (Å²) in [4.78, 5) is 33.4. The summed E-state index contributed by atoms with van der Waals surface area (Å²) < 4.78 is 5.86. The lowest BCUT2D eigenvalue weighted by Gasteiger charge is -2.36. The molecule has 1 saturated heterocycles. The average molecular weight is 513 g/mol. The van der Waals surface area contributed by atoms with E-state index in [2.05, 4.69) is 34.0 Å². The van der Waals surface area contributed by atoms with Crippen LogP contribution in [0.5, 0.6) is 0 Å². The zero-order valence-electron chi connectivity index (χ0n) is 22.0. The molecule has 0 saturated carbocycles. The number of aromatic nitrogens is 4. The second kappa shape index (κ2) is 10.8. The van der Waals surface area contributed by atoms with Crippen LogP contribution in [-0.4, -0.2) is 56.2 Å². The number of pyridine rings is 4. The third-order valence-electron chi connectivity index (χ3n) is 6.63. The van der Waals surface area contributed by atoms with Crippen LogP contribution in [-0.2, 0) is 11.3 Å². The van der Waals surface area contributed by atoms with Crippen LogP contribution < -0.4 is 10.2 Å². The highest BCUT2D eigenvalue weighted by Crippen LogP contribution is 2.24. The van der Waals surface area contributed by atoms with Gasteiger partial charge < -0.3 is 20.1 Å². The first-order valence-electron chi connectivity index (χ1n) is 12.8. The van der Waals surface area contributed by atoms with E-state index in [9.17, 15) is 9.90 Å². The molecular weight excluding hydrogens is 480 g/mol. The summed E-state index contributed by atoms with van der Waals surface area (Å²) in [5.41, 5.74) is 4.78. The number of carbonyl (C=O) groups excluding carboxylic acids is 1. The molecule has 3 atom stereocenters. The van der Waals surface area contributed by atoms with Crippen molar-refractivity contribution in [3.63, 3.8) is 0 Å². The Hall–Kier alpha value is -3.95. The van der Waals surface area contributed by atoms with Gasteiger partial charge in [-0.25, -0.2) is 9.97 Å². The second-order valence-electron chi connectivity index (χ2n) is 9.89. The van der Waals surface area contributed by atoms with Crippen molar-refractivity contribution in [2.24, 2.45) is 0 Å². The van der Waals surface area contributed by atoms with Gasteiger partial charge in [-0.1, -0.05) is 6.07 Å². The maximum atomic E-state index is 12.7. The number of hydrogen-bond acceptors (Lipinski definition) is 8. The zero-order chi connectivity index (χ0) is 26.8. The van der Waals surface area contributed by atoms with E-state index in [1.54, 1.807) is 25.4 Å². The molecule has 0 aliphatic carbocycles. The molecule has 9 heteroatoms. The molecule has 196 valence electrons. The van der Waals surface area contributed by atoms with Crippen molar-refractivity contribution in [2.75, 3.05) is 18.0 Å². The maximum Gasteiger partial charge on any atom is 0.270 e. The summed E-state index contributed by atoms with van der Waals surface area (Å²) in [5, 5.41) is 13.7. The standard InChI is InChI=1S/C29H32N6O3/c1-17-12-31-27(11-23(17)20(4)36)29(37)32-14-22-10-26-21(13-30-22)8-9-25(33-26)24-6-5-7-28(34-24)35-15-18(2)38-19(3)16-35/h5-13,18-20,36H,14-16H2,1-4H3,(H,32,37)/t18-,19+,20-/m1/s1. The molecule has 5 rings (SSSR count). The van der Waals surface area contributed by atoms with Gasteiger partial charge in [0.05, 0.1) is 47.5 Å². The quantitative estimate of drug-likeness (QED) is 0.399. The second-order valence-corrected chi connectivity index (χ2v) is 9.89. The number of anilines is 1. The number of aryl methyl sites for hydroxylation is 1. The van der Waals surface area contributed by atoms with Crippen LogP contribution in [0.2, 0.25) is 0 Å². The summed E-state index contributed by atoms with van der Waals surface area (Å²) >= 11 is 0. The highest BCUT2D eigenvalue weighted by molar-refractivity contribution is 5.92. The van der Waals surface area contributed by atoms with Gasteiger partial charge in [-0.15, -0.1) is 0 Å². The molecule has 2 N–H and O–H groups in total. The lowest BCUT2D eigenvalue weighted by molar-refractivity contribution is -0.00545. The Morgan fingerprint density at radius 3 is 2.61 bits per heavy atom. The van der Waals surface area contributed by atoms with Gasteiger partial charge in [-0.3, -0.25) is 14.8 Å². The molecule has 1 amide bonds. The largest absolute Gasteiger partial charge is 0.389 e. The molecule has 4 aromatic heterocycles. The SMILES string of the molecule is Cc1cnc(C(=O)NCc2cc3nc(-c4cccc(N5C[C@@H](C)O[C@@H](C)C5)n4)ccc3cn2)cc1[C@@H](C)O. The van der Waals surface area contributed by atoms with E-state index < -0.39 is 6.10 Å². The number of fused-ring (bicyclic) bond motifs is 1. The number of morpholine rings is 1. The fourth-order valence-corrected chi connectivity index (χ4v) is 4.78. The normalized spacial score (nSPS) is 18.4. The average Bonchev–Trinajstić information content (AvgIpc) is 2.91. The van der Waals surface area contributed by atoms with Crippen LogP contribution in [0.1, 0.15) is 54.2 Å². The van der Waals surface area contributed by atoms with Crippen LogP contribution in [0.15, 0.2) is 54.9 Å². The van der Waals surface area contributed by atoms with Gasteiger partial charge in [0.15, 0.2) is 0 Å². The minimum Gasteiger partial charge on any atom is -0.389 e. The smallest absolute Gasteiger partial charge is 0.270 e. The molecular formula is C29H32N6O3. The molecule has 1 aliphatic heterocycles. The molecule has 0 bridgehead atoms. The number of aliphatic hydroxyl groups is 1. The molecule has 1 fully saturated rings. The number of ether oxygens (including phenoxy) is 1. The molecule has 0 spiro atoms. The van der Waals surface area contributed by atoms with Crippen molar-refractivity contribution in [2.45, 2.75) is 52.6 Å². The van der Waals surface area contributed by atoms with E-state index in [1.165, 1.54) is 0 Å². The third-order valence-corrected chi connectivity index (χ3v) is 6.63. The van der Waals surface area contributed by atoms with Crippen molar-refractivity contribution in [3.05, 3.63) is 77.4 Å². The number of rotatable bonds is 6. The Bertz CT molecular complexity index is 1460. The van der Waals surface area contributed by atoms with E-state index in [-0.39, 0.29) is 30.4 Å². The van der Waals surface area contributed by atoms with Gasteiger partial charge >= 0.3 is 0 Å². The van der Waals surface area contributed by atoms with E-state index in [1.807, 2.05) is 43.3 Å². The van der Waals surface area contributed by atoms with Gasteiger partial charge in [0.25, 0.3) is 5.91 Å². The first kappa shape index (κ1) is 25.7. The van der Waals surface area contributed by atoms with Crippen LogP contribution in [0, 0.1) is 6.92 Å². The predicted octanol–water partition coefficient (Wildman–Crippen LogP) is 3.99. The molecule has 0 unspecified atom stereocenters. The Kier molecular flexibility index (Phi) is 7.31. The third kappa shape index (κ3) is 5.64. The predicted molar refractivity (Wildman–Crippen MR) is 146 cm³/mol. The molecule has 9 nitrogen and oxygen atoms in total. The molecule has 4 aromatic rings. The van der Waals surface area contributed by atoms with Crippen molar-refractivity contribution < 1.29 is 14.6 Å². The van der Waals surface area contributed by atoms with Crippen molar-refractivity contribution in [3.8, 4) is 11.4 Å². The van der Waals surface area contributed by atoms with E-state index in [0.29, 0.717) is 11.3 Å². The highest BCUT2D eigenvalue weighted by Gasteiger charge is 2.23. The molecule has 1 aliphatic rings. The Morgan fingerprint density at radius 2 is 1.84 bits per heavy atom.